The molecule has 0 saturated carbocycles. The van der Waals surface area contributed by atoms with Gasteiger partial charge in [-0.3, -0.25) is 73.0 Å². The van der Waals surface area contributed by atoms with E-state index >= 15 is 0 Å². The average Bonchev–Trinajstić information content (AvgIpc) is 1.66. The highest BCUT2D eigenvalue weighted by Gasteiger charge is 2.54. The molecule has 0 aliphatic carbocycles. The lowest BCUT2D eigenvalue weighted by Gasteiger charge is -2.38. The number of carboxylic acids is 8. The highest BCUT2D eigenvalue weighted by Crippen LogP contribution is 2.43. The number of halogens is 12. The molecule has 8 aliphatic heterocycles. The third-order valence-electron chi connectivity index (χ3n) is 23.3. The zero-order valence-electron chi connectivity index (χ0n) is 83.9. The van der Waals surface area contributed by atoms with Gasteiger partial charge in [0.25, 0.3) is 23.7 Å². The van der Waals surface area contributed by atoms with E-state index in [0.717, 1.165) is 11.8 Å². The molecule has 8 heterocycles. The SMILES string of the molecule is CC(C)(C)N1CC(COCC(=O)O)C(F)(F)C1.CC(C)(C)N1CC(CSCC(=O)O)C(F)(F)C1.CC(C)(C)N1CC(F)(F)CC1CSCC(=O)O.CC(C)(C)N1CC(F)C(COCC(=O)O)C1.CC(C)(C)N1CC(F)CC1COCC(=O)O.CC(C)(C)N1CC(F)CC1CSCC(=O)O.CN(CC(=O)O)CC1CC(F)(F)CN1C(C)(C)C.CN(CC(=O)O)CC1CC(F)CN1C(C)(C)C. The summed E-state index contributed by atoms with van der Waals surface area (Å²) in [5.41, 5.74) is -1.52. The van der Waals surface area contributed by atoms with Crippen LogP contribution in [0, 0.1) is 17.8 Å². The number of nitrogens with zero attached hydrogens (tertiary/aromatic N) is 10. The minimum atomic E-state index is -2.81. The van der Waals surface area contributed by atoms with Crippen molar-refractivity contribution in [1.29, 1.82) is 0 Å². The van der Waals surface area contributed by atoms with E-state index in [9.17, 15) is 91.0 Å². The number of likely N-dealkylation sites (N-methyl/N-ethyl adjacent to an activating group) is 2. The van der Waals surface area contributed by atoms with E-state index in [1.54, 1.807) is 43.5 Å². The molecule has 0 aromatic heterocycles. The molecular formula is C90H162F12N10O19S3. The van der Waals surface area contributed by atoms with E-state index in [-0.39, 0.29) is 195 Å². The minimum absolute atomic E-state index is 0.00539. The lowest BCUT2D eigenvalue weighted by atomic mass is 10.0. The monoisotopic (exact) mass is 2010 g/mol. The second-order valence-electron chi connectivity index (χ2n) is 44.0. The molecule has 8 rings (SSSR count). The van der Waals surface area contributed by atoms with Crippen molar-refractivity contribution >= 4 is 83.0 Å². The van der Waals surface area contributed by atoms with Crippen LogP contribution in [0.5, 0.6) is 0 Å². The first-order valence-electron chi connectivity index (χ1n) is 45.2. The van der Waals surface area contributed by atoms with Gasteiger partial charge in [-0.05, 0) is 200 Å². The summed E-state index contributed by atoms with van der Waals surface area (Å²) in [5.74, 6) is -19.0. The fourth-order valence-corrected chi connectivity index (χ4v) is 19.5. The molecule has 0 radical (unpaired) electrons. The predicted molar refractivity (Wildman–Crippen MR) is 499 cm³/mol. The molecule has 8 N–H and O–H groups in total. The minimum Gasteiger partial charge on any atom is -0.481 e. The third-order valence-corrected chi connectivity index (χ3v) is 26.6. The maximum atomic E-state index is 13.7. The van der Waals surface area contributed by atoms with Crippen LogP contribution >= 0.6 is 35.3 Å². The summed E-state index contributed by atoms with van der Waals surface area (Å²) in [6.07, 6.45) is -2.23. The number of carboxylic acid groups (broad SMARTS) is 8. The molecule has 788 valence electrons. The predicted octanol–water partition coefficient (Wildman–Crippen LogP) is 13.1. The van der Waals surface area contributed by atoms with Crippen LogP contribution in [0.4, 0.5) is 52.7 Å². The van der Waals surface area contributed by atoms with Gasteiger partial charge in [-0.1, -0.05) is 0 Å². The Morgan fingerprint density at radius 3 is 0.985 bits per heavy atom. The highest BCUT2D eigenvalue weighted by molar-refractivity contribution is 8.00. The second-order valence-corrected chi connectivity index (χ2v) is 47.1. The Hall–Kier alpha value is -4.55. The van der Waals surface area contributed by atoms with Crippen LogP contribution < -0.4 is 0 Å². The molecule has 12 atom stereocenters. The lowest BCUT2D eigenvalue weighted by molar-refractivity contribution is -0.144. The van der Waals surface area contributed by atoms with Gasteiger partial charge in [0, 0.05) is 175 Å². The number of hydrogen-bond donors (Lipinski definition) is 8. The summed E-state index contributed by atoms with van der Waals surface area (Å²) in [6.45, 7) is 49.2. The van der Waals surface area contributed by atoms with Crippen LogP contribution in [0.1, 0.15) is 198 Å². The van der Waals surface area contributed by atoms with Crippen molar-refractivity contribution < 1.29 is 146 Å². The number of hydrogen-bond acceptors (Lipinski definition) is 24. The van der Waals surface area contributed by atoms with Gasteiger partial charge in [0.05, 0.1) is 82.3 Å². The molecule has 0 spiro atoms. The lowest BCUT2D eigenvalue weighted by Crippen LogP contribution is -2.49. The summed E-state index contributed by atoms with van der Waals surface area (Å²) in [6, 6.07) is -0.290. The zero-order valence-corrected chi connectivity index (χ0v) is 86.3. The van der Waals surface area contributed by atoms with Crippen LogP contribution in [0.25, 0.3) is 0 Å². The van der Waals surface area contributed by atoms with Gasteiger partial charge in [-0.15, -0.1) is 35.3 Å². The van der Waals surface area contributed by atoms with Crippen LogP contribution in [0.15, 0.2) is 0 Å². The third kappa shape index (κ3) is 50.2. The quantitative estimate of drug-likeness (QED) is 0.0290. The normalized spacial score (nSPS) is 26.0. The topological polar surface area (TPSA) is 358 Å². The molecule has 8 aliphatic rings. The van der Waals surface area contributed by atoms with E-state index in [0.29, 0.717) is 83.1 Å². The van der Waals surface area contributed by atoms with Gasteiger partial charge < -0.3 is 55.1 Å². The number of carbonyl (C=O) groups is 8. The number of likely N-dealkylation sites (tertiary alicyclic amines) is 8. The molecule has 29 nitrogen and oxygen atoms in total. The van der Waals surface area contributed by atoms with Gasteiger partial charge in [0.15, 0.2) is 0 Å². The Morgan fingerprint density at radius 1 is 0.328 bits per heavy atom. The van der Waals surface area contributed by atoms with Crippen LogP contribution in [0.2, 0.25) is 0 Å². The van der Waals surface area contributed by atoms with Crippen molar-refractivity contribution in [3.05, 3.63) is 0 Å². The van der Waals surface area contributed by atoms with Crippen molar-refractivity contribution in [3.63, 3.8) is 0 Å². The van der Waals surface area contributed by atoms with E-state index < -0.39 is 115 Å². The Balaban J connectivity index is 0.000000766. The summed E-state index contributed by atoms with van der Waals surface area (Å²) in [5, 5.41) is 68.2. The van der Waals surface area contributed by atoms with E-state index in [4.69, 9.17) is 55.1 Å². The number of rotatable bonds is 32. The van der Waals surface area contributed by atoms with Gasteiger partial charge >= 0.3 is 47.8 Å². The van der Waals surface area contributed by atoms with Crippen molar-refractivity contribution in [2.45, 2.75) is 321 Å². The van der Waals surface area contributed by atoms with Crippen LogP contribution in [-0.4, -0.2) is 447 Å². The molecule has 0 bridgehead atoms. The standard InChI is InChI=1S/C12H22F2N2O2.C12H23FN2O2.C11H19F2NO3.2C11H19F2NO2S.2C11H20FNO3.C11H20FNO2S/c1-11(2,3)16-8-12(13,14)5-9(16)6-15(4)7-10(17)18;1-12(2,3)15-6-9(13)5-10(15)7-14(4)8-11(16)17;2*1-10(2,3)14-4-8(11(12,13)7-14)5-17-6-9(15)16;1-10(2,3)14-7-11(12,13)4-8(14)5-17-6-9(15)16;1-11(2,3)13-4-8(9(12)5-13)6-16-7-10(14)15;2*1-11(2,3)13-5-8(12)4-9(13)6-16-7-10(14)15/h9H,5-8H2,1-4H3,(H,17,18);9-10H,5-8H2,1-4H3,(H,16,17);3*8H,4-7H2,1-3H3,(H,15,16);3*8-9H,4-7H2,1-3H3,(H,14,15). The van der Waals surface area contributed by atoms with Crippen molar-refractivity contribution in [1.82, 2.24) is 49.0 Å². The van der Waals surface area contributed by atoms with Gasteiger partial charge in [0.2, 0.25) is 0 Å². The molecule has 44 heteroatoms. The Kier molecular flexibility index (Phi) is 52.0. The van der Waals surface area contributed by atoms with Gasteiger partial charge in [-0.25, -0.2) is 67.1 Å². The Bertz CT molecular complexity index is 3460. The highest BCUT2D eigenvalue weighted by atomic mass is 32.2. The summed E-state index contributed by atoms with van der Waals surface area (Å²) >= 11 is 3.64. The fraction of sp³-hybridized carbons (Fsp3) is 0.911. The maximum absolute atomic E-state index is 13.7. The van der Waals surface area contributed by atoms with E-state index in [1.165, 1.54) is 23.5 Å². The molecule has 0 amide bonds. The molecule has 0 aromatic rings. The molecular weight excluding hydrogens is 1850 g/mol. The first-order valence-corrected chi connectivity index (χ1v) is 48.7. The Morgan fingerprint density at radius 2 is 0.634 bits per heavy atom. The smallest absolute Gasteiger partial charge is 0.329 e. The first kappa shape index (κ1) is 127. The largest absolute Gasteiger partial charge is 0.481 e. The summed E-state index contributed by atoms with van der Waals surface area (Å²) in [4.78, 5) is 102. The molecule has 8 saturated heterocycles. The van der Waals surface area contributed by atoms with Crippen molar-refractivity contribution in [3.8, 4) is 0 Å². The van der Waals surface area contributed by atoms with Crippen molar-refractivity contribution in [2.75, 3.05) is 186 Å². The number of thioether (sulfide) groups is 3. The zero-order chi connectivity index (χ0) is 104. The van der Waals surface area contributed by atoms with Crippen LogP contribution in [-0.2, 0) is 52.6 Å². The van der Waals surface area contributed by atoms with Crippen LogP contribution in [0.3, 0.4) is 0 Å². The van der Waals surface area contributed by atoms with Gasteiger partial charge in [-0.2, -0.15) is 0 Å². The van der Waals surface area contributed by atoms with Gasteiger partial charge in [0.1, 0.15) is 44.5 Å². The summed E-state index contributed by atoms with van der Waals surface area (Å²) < 4.78 is 177. The molecule has 0 aromatic carbocycles. The fourth-order valence-electron chi connectivity index (χ4n) is 16.8. The maximum Gasteiger partial charge on any atom is 0.329 e. The number of ether oxygens (including phenoxy) is 3. The second kappa shape index (κ2) is 54.6. The summed E-state index contributed by atoms with van der Waals surface area (Å²) in [7, 11) is 3.41. The van der Waals surface area contributed by atoms with E-state index in [1.807, 2.05) is 130 Å². The number of alkyl halides is 12. The molecule has 8 fully saturated rings. The number of aliphatic carboxylic acids is 8. The average molecular weight is 2010 g/mol. The first-order chi connectivity index (χ1) is 60.5. The van der Waals surface area contributed by atoms with Crippen molar-refractivity contribution in [2.24, 2.45) is 17.8 Å². The van der Waals surface area contributed by atoms with E-state index in [2.05, 4.69) is 56.2 Å². The Labute approximate surface area is 799 Å². The molecule has 12 unspecified atom stereocenters. The molecule has 134 heavy (non-hydrogen) atoms.